The zero-order valence-corrected chi connectivity index (χ0v) is 19.3. The van der Waals surface area contributed by atoms with Crippen LogP contribution in [0.1, 0.15) is 40.5 Å². The number of carbonyl (C=O) groups is 3. The van der Waals surface area contributed by atoms with E-state index in [1.807, 2.05) is 11.9 Å². The number of carbonyl (C=O) groups excluding carboxylic acids is 3. The lowest BCUT2D eigenvalue weighted by molar-refractivity contribution is -0.129. The number of likely N-dealkylation sites (tertiary alicyclic amines) is 1. The Kier molecular flexibility index (Phi) is 7.15. The van der Waals surface area contributed by atoms with E-state index in [2.05, 4.69) is 10.3 Å². The van der Waals surface area contributed by atoms with E-state index in [-0.39, 0.29) is 23.1 Å². The number of pyridine rings is 1. The summed E-state index contributed by atoms with van der Waals surface area (Å²) in [5.74, 6) is -1.31. The molecule has 1 saturated heterocycles. The highest BCUT2D eigenvalue weighted by Gasteiger charge is 2.27. The average molecular weight is 457 g/mol. The highest BCUT2D eigenvalue weighted by atomic mass is 19.1. The number of hydrogen-bond acceptors (Lipinski definition) is 6. The van der Waals surface area contributed by atoms with Crippen molar-refractivity contribution in [3.05, 3.63) is 47.4 Å². The van der Waals surface area contributed by atoms with Gasteiger partial charge in [0, 0.05) is 65.1 Å². The van der Waals surface area contributed by atoms with Crippen LogP contribution in [0.3, 0.4) is 0 Å². The first kappa shape index (κ1) is 24.0. The van der Waals surface area contributed by atoms with Gasteiger partial charge in [0.25, 0.3) is 11.8 Å². The van der Waals surface area contributed by atoms with Gasteiger partial charge in [0.05, 0.1) is 16.8 Å². The van der Waals surface area contributed by atoms with E-state index in [1.165, 1.54) is 23.2 Å². The molecule has 2 heterocycles. The minimum Gasteiger partial charge on any atom is -0.369 e. The topological polar surface area (TPSA) is 112 Å². The predicted octanol–water partition coefficient (Wildman–Crippen LogP) is 2.21. The van der Waals surface area contributed by atoms with Gasteiger partial charge >= 0.3 is 0 Å². The number of halogens is 1. The Morgan fingerprint density at radius 2 is 1.91 bits per heavy atom. The summed E-state index contributed by atoms with van der Waals surface area (Å²) in [4.78, 5) is 45.2. The molecule has 1 fully saturated rings. The molecule has 3 N–H and O–H groups in total. The maximum atomic E-state index is 14.5. The van der Waals surface area contributed by atoms with Gasteiger partial charge in [0.1, 0.15) is 11.6 Å². The minimum atomic E-state index is -0.656. The molecule has 0 saturated carbocycles. The summed E-state index contributed by atoms with van der Waals surface area (Å²) in [5, 5.41) is 3.01. The number of likely N-dealkylation sites (N-methyl/N-ethyl adjacent to an activating group) is 1. The first-order valence-corrected chi connectivity index (χ1v) is 10.6. The van der Waals surface area contributed by atoms with Crippen LogP contribution in [0.5, 0.6) is 0 Å². The Morgan fingerprint density at radius 1 is 1.18 bits per heavy atom. The van der Waals surface area contributed by atoms with Gasteiger partial charge in [-0.1, -0.05) is 0 Å². The summed E-state index contributed by atoms with van der Waals surface area (Å²) >= 11 is 0. The number of anilines is 3. The molecule has 176 valence electrons. The standard InChI is InChI=1S/C23H29FN6O3/c1-14(31)30-9-5-6-16(13-30)29(4)20-11-21(26-12-18(20)22(25)32)27-15-7-8-17(19(24)10-15)23(33)28(2)3/h7-8,10-12,16H,5-6,9,13H2,1-4H3,(H2,25,32)(H,26,27)/t16-/m1/s1. The quantitative estimate of drug-likeness (QED) is 0.689. The van der Waals surface area contributed by atoms with Crippen molar-refractivity contribution >= 4 is 34.9 Å². The van der Waals surface area contributed by atoms with Crippen molar-refractivity contribution in [2.24, 2.45) is 5.73 Å². The van der Waals surface area contributed by atoms with Crippen LogP contribution in [-0.4, -0.2) is 72.8 Å². The minimum absolute atomic E-state index is 0.00442. The zero-order chi connectivity index (χ0) is 24.3. The van der Waals surface area contributed by atoms with Gasteiger partial charge in [0.15, 0.2) is 0 Å². The van der Waals surface area contributed by atoms with Crippen molar-refractivity contribution in [3.8, 4) is 0 Å². The molecular weight excluding hydrogens is 427 g/mol. The van der Waals surface area contributed by atoms with Gasteiger partial charge < -0.3 is 25.8 Å². The molecule has 1 atom stereocenters. The second kappa shape index (κ2) is 9.85. The normalized spacial score (nSPS) is 15.7. The molecular formula is C23H29FN6O3. The Labute approximate surface area is 192 Å². The van der Waals surface area contributed by atoms with Crippen LogP contribution in [0.25, 0.3) is 0 Å². The number of hydrogen-bond donors (Lipinski definition) is 2. The second-order valence-corrected chi connectivity index (χ2v) is 8.34. The van der Waals surface area contributed by atoms with Gasteiger partial charge in [-0.3, -0.25) is 14.4 Å². The van der Waals surface area contributed by atoms with E-state index >= 15 is 0 Å². The molecule has 10 heteroatoms. The fourth-order valence-corrected chi connectivity index (χ4v) is 3.90. The molecule has 9 nitrogen and oxygen atoms in total. The first-order valence-electron chi connectivity index (χ1n) is 10.6. The van der Waals surface area contributed by atoms with Crippen molar-refractivity contribution in [1.29, 1.82) is 0 Å². The lowest BCUT2D eigenvalue weighted by Crippen LogP contribution is -2.48. The van der Waals surface area contributed by atoms with Gasteiger partial charge in [-0.15, -0.1) is 0 Å². The molecule has 0 bridgehead atoms. The van der Waals surface area contributed by atoms with Crippen LogP contribution < -0.4 is 16.0 Å². The summed E-state index contributed by atoms with van der Waals surface area (Å²) in [6, 6.07) is 5.88. The van der Waals surface area contributed by atoms with Gasteiger partial charge in [-0.05, 0) is 31.0 Å². The van der Waals surface area contributed by atoms with E-state index in [0.29, 0.717) is 30.3 Å². The van der Waals surface area contributed by atoms with E-state index in [9.17, 15) is 18.8 Å². The third-order valence-corrected chi connectivity index (χ3v) is 5.80. The number of nitrogens with two attached hydrogens (primary N) is 1. The summed E-state index contributed by atoms with van der Waals surface area (Å²) in [6.07, 6.45) is 3.09. The molecule has 3 rings (SSSR count). The van der Waals surface area contributed by atoms with Crippen molar-refractivity contribution in [1.82, 2.24) is 14.8 Å². The summed E-state index contributed by atoms with van der Waals surface area (Å²) < 4.78 is 14.5. The number of piperidine rings is 1. The molecule has 0 spiro atoms. The number of amides is 3. The van der Waals surface area contributed by atoms with Crippen LogP contribution in [0.15, 0.2) is 30.5 Å². The van der Waals surface area contributed by atoms with Crippen LogP contribution in [0.2, 0.25) is 0 Å². The molecule has 1 aliphatic heterocycles. The number of primary amides is 1. The summed E-state index contributed by atoms with van der Waals surface area (Å²) in [7, 11) is 4.96. The maximum Gasteiger partial charge on any atom is 0.256 e. The van der Waals surface area contributed by atoms with E-state index in [1.54, 1.807) is 38.1 Å². The van der Waals surface area contributed by atoms with Gasteiger partial charge in [-0.25, -0.2) is 9.37 Å². The third kappa shape index (κ3) is 5.39. The number of benzene rings is 1. The number of nitrogens with one attached hydrogen (secondary N) is 1. The van der Waals surface area contributed by atoms with Crippen LogP contribution >= 0.6 is 0 Å². The smallest absolute Gasteiger partial charge is 0.256 e. The Balaban J connectivity index is 1.87. The van der Waals surface area contributed by atoms with Crippen molar-refractivity contribution in [2.75, 3.05) is 44.4 Å². The SMILES string of the molecule is CC(=O)N1CCC[C@@H](N(C)c2cc(Nc3ccc(C(=O)N(C)C)c(F)c3)ncc2C(N)=O)C1. The molecule has 1 aromatic carbocycles. The second-order valence-electron chi connectivity index (χ2n) is 8.34. The van der Waals surface area contributed by atoms with Crippen molar-refractivity contribution in [2.45, 2.75) is 25.8 Å². The summed E-state index contributed by atoms with van der Waals surface area (Å²) in [5.41, 5.74) is 6.76. The Morgan fingerprint density at radius 3 is 2.52 bits per heavy atom. The maximum absolute atomic E-state index is 14.5. The molecule has 0 aliphatic carbocycles. The lowest BCUT2D eigenvalue weighted by atomic mass is 10.0. The van der Waals surface area contributed by atoms with Gasteiger partial charge in [-0.2, -0.15) is 0 Å². The van der Waals surface area contributed by atoms with E-state index in [4.69, 9.17) is 5.73 Å². The zero-order valence-electron chi connectivity index (χ0n) is 19.3. The molecule has 3 amide bonds. The highest BCUT2D eigenvalue weighted by molar-refractivity contribution is 5.99. The lowest BCUT2D eigenvalue weighted by Gasteiger charge is -2.38. The highest BCUT2D eigenvalue weighted by Crippen LogP contribution is 2.28. The average Bonchev–Trinajstić information content (AvgIpc) is 2.78. The van der Waals surface area contributed by atoms with Crippen LogP contribution in [0.4, 0.5) is 21.6 Å². The number of nitrogens with zero attached hydrogens (tertiary/aromatic N) is 4. The molecule has 1 aliphatic rings. The fourth-order valence-electron chi connectivity index (χ4n) is 3.90. The van der Waals surface area contributed by atoms with E-state index in [0.717, 1.165) is 12.8 Å². The number of aromatic nitrogens is 1. The Bertz CT molecular complexity index is 1070. The van der Waals surface area contributed by atoms with Crippen LogP contribution in [-0.2, 0) is 4.79 Å². The fraction of sp³-hybridized carbons (Fsp3) is 0.391. The first-order chi connectivity index (χ1) is 15.6. The van der Waals surface area contributed by atoms with Crippen molar-refractivity contribution in [3.63, 3.8) is 0 Å². The van der Waals surface area contributed by atoms with Gasteiger partial charge in [0.2, 0.25) is 5.91 Å². The molecule has 0 unspecified atom stereocenters. The predicted molar refractivity (Wildman–Crippen MR) is 124 cm³/mol. The van der Waals surface area contributed by atoms with E-state index < -0.39 is 17.6 Å². The molecule has 0 radical (unpaired) electrons. The molecule has 1 aromatic heterocycles. The summed E-state index contributed by atoms with van der Waals surface area (Å²) in [6.45, 7) is 2.80. The third-order valence-electron chi connectivity index (χ3n) is 5.80. The monoisotopic (exact) mass is 456 g/mol. The molecule has 33 heavy (non-hydrogen) atoms. The van der Waals surface area contributed by atoms with Crippen molar-refractivity contribution < 1.29 is 18.8 Å². The molecule has 2 aromatic rings. The van der Waals surface area contributed by atoms with Crippen LogP contribution in [0, 0.1) is 5.82 Å². The number of rotatable bonds is 6. The Hall–Kier alpha value is -3.69. The largest absolute Gasteiger partial charge is 0.369 e.